The number of para-hydroxylation sites is 1. The van der Waals surface area contributed by atoms with Gasteiger partial charge in [-0.05, 0) is 43.4 Å². The highest BCUT2D eigenvalue weighted by Crippen LogP contribution is 2.20. The van der Waals surface area contributed by atoms with Gasteiger partial charge in [-0.1, -0.05) is 35.9 Å². The second-order valence-corrected chi connectivity index (χ2v) is 5.92. The lowest BCUT2D eigenvalue weighted by atomic mass is 10.1. The minimum atomic E-state index is -1.05. The number of aryl methyl sites for hydroxylation is 1. The molecule has 0 radical (unpaired) electrons. The summed E-state index contributed by atoms with van der Waals surface area (Å²) in [5, 5.41) is 6.63. The van der Waals surface area contributed by atoms with Gasteiger partial charge in [0.05, 0.1) is 11.4 Å². The van der Waals surface area contributed by atoms with Crippen molar-refractivity contribution in [3.63, 3.8) is 0 Å². The zero-order valence-corrected chi connectivity index (χ0v) is 14.3. The standard InChI is InChI=1S/C18H16N4O2S/c1-12-7-9-14(10-8-12)22-17(24)15(16(23)20-18(22)25)11-19-21-13-5-3-2-4-6-13/h2-11,15,21H,1H3,(H,20,23,25)/b19-11+/t15-/m1/s1. The van der Waals surface area contributed by atoms with E-state index in [0.717, 1.165) is 11.3 Å². The molecule has 2 aromatic rings. The predicted octanol–water partition coefficient (Wildman–Crippen LogP) is 2.46. The highest BCUT2D eigenvalue weighted by atomic mass is 32.1. The Bertz CT molecular complexity index is 834. The van der Waals surface area contributed by atoms with Gasteiger partial charge in [0.15, 0.2) is 11.0 Å². The lowest BCUT2D eigenvalue weighted by Crippen LogP contribution is -2.58. The lowest BCUT2D eigenvalue weighted by Gasteiger charge is -2.30. The number of hydrogen-bond donors (Lipinski definition) is 2. The van der Waals surface area contributed by atoms with E-state index in [1.54, 1.807) is 12.1 Å². The molecule has 1 aliphatic heterocycles. The number of benzene rings is 2. The number of rotatable bonds is 4. The number of hydrogen-bond acceptors (Lipinski definition) is 5. The number of anilines is 2. The van der Waals surface area contributed by atoms with Crippen LogP contribution in [0.3, 0.4) is 0 Å². The van der Waals surface area contributed by atoms with Crippen molar-refractivity contribution in [2.45, 2.75) is 6.92 Å². The maximum Gasteiger partial charge on any atom is 0.251 e. The van der Waals surface area contributed by atoms with Crippen LogP contribution in [0.15, 0.2) is 59.7 Å². The van der Waals surface area contributed by atoms with E-state index in [4.69, 9.17) is 12.2 Å². The first-order valence-electron chi connectivity index (χ1n) is 7.66. The Labute approximate surface area is 150 Å². The Morgan fingerprint density at radius 3 is 2.48 bits per heavy atom. The molecule has 25 heavy (non-hydrogen) atoms. The number of carbonyl (C=O) groups is 2. The lowest BCUT2D eigenvalue weighted by molar-refractivity contribution is -0.130. The van der Waals surface area contributed by atoms with E-state index >= 15 is 0 Å². The molecule has 1 aliphatic rings. The topological polar surface area (TPSA) is 73.8 Å². The quantitative estimate of drug-likeness (QED) is 0.384. The van der Waals surface area contributed by atoms with Gasteiger partial charge >= 0.3 is 0 Å². The van der Waals surface area contributed by atoms with Crippen LogP contribution < -0.4 is 15.6 Å². The van der Waals surface area contributed by atoms with Crippen molar-refractivity contribution in [3.8, 4) is 0 Å². The summed E-state index contributed by atoms with van der Waals surface area (Å²) in [6.07, 6.45) is 1.29. The maximum absolute atomic E-state index is 12.7. The first-order chi connectivity index (χ1) is 12.1. The fourth-order valence-corrected chi connectivity index (χ4v) is 2.66. The molecule has 0 aromatic heterocycles. The van der Waals surface area contributed by atoms with Crippen molar-refractivity contribution < 1.29 is 9.59 Å². The molecule has 2 aromatic carbocycles. The molecule has 2 N–H and O–H groups in total. The summed E-state index contributed by atoms with van der Waals surface area (Å²) in [6.45, 7) is 1.95. The molecule has 1 saturated heterocycles. The Balaban J connectivity index is 1.79. The Hall–Kier alpha value is -3.06. The van der Waals surface area contributed by atoms with Gasteiger partial charge in [0.1, 0.15) is 0 Å². The smallest absolute Gasteiger partial charge is 0.251 e. The second kappa shape index (κ2) is 7.23. The van der Waals surface area contributed by atoms with Gasteiger partial charge in [0.2, 0.25) is 5.91 Å². The van der Waals surface area contributed by atoms with Crippen LogP contribution in [0, 0.1) is 12.8 Å². The number of nitrogens with one attached hydrogen (secondary N) is 2. The van der Waals surface area contributed by atoms with Gasteiger partial charge in [0.25, 0.3) is 5.91 Å². The second-order valence-electron chi connectivity index (χ2n) is 5.54. The molecular formula is C18H16N4O2S. The van der Waals surface area contributed by atoms with E-state index in [-0.39, 0.29) is 5.11 Å². The Morgan fingerprint density at radius 1 is 1.12 bits per heavy atom. The average molecular weight is 352 g/mol. The Morgan fingerprint density at radius 2 is 1.80 bits per heavy atom. The van der Waals surface area contributed by atoms with Crippen molar-refractivity contribution in [2.24, 2.45) is 11.0 Å². The van der Waals surface area contributed by atoms with E-state index in [2.05, 4.69) is 15.8 Å². The van der Waals surface area contributed by atoms with Crippen LogP contribution in [-0.4, -0.2) is 23.1 Å². The number of carbonyl (C=O) groups excluding carboxylic acids is 2. The molecule has 0 saturated carbocycles. The maximum atomic E-state index is 12.7. The minimum absolute atomic E-state index is 0.0690. The van der Waals surface area contributed by atoms with E-state index in [0.29, 0.717) is 5.69 Å². The molecule has 1 fully saturated rings. The number of thiocarbonyl (C=S) groups is 1. The zero-order valence-electron chi connectivity index (χ0n) is 13.5. The summed E-state index contributed by atoms with van der Waals surface area (Å²) in [6, 6.07) is 16.6. The molecule has 1 atom stereocenters. The summed E-state index contributed by atoms with van der Waals surface area (Å²) in [4.78, 5) is 26.2. The first-order valence-corrected chi connectivity index (χ1v) is 8.07. The van der Waals surface area contributed by atoms with Crippen LogP contribution in [0.4, 0.5) is 11.4 Å². The van der Waals surface area contributed by atoms with E-state index in [1.165, 1.54) is 11.1 Å². The first kappa shape index (κ1) is 16.8. The number of nitrogens with zero attached hydrogens (tertiary/aromatic N) is 2. The van der Waals surface area contributed by atoms with Gasteiger partial charge < -0.3 is 5.32 Å². The molecule has 0 aliphatic carbocycles. The van der Waals surface area contributed by atoms with Gasteiger partial charge in [-0.15, -0.1) is 0 Å². The highest BCUT2D eigenvalue weighted by Gasteiger charge is 2.38. The third-order valence-corrected chi connectivity index (χ3v) is 3.97. The molecule has 0 bridgehead atoms. The summed E-state index contributed by atoms with van der Waals surface area (Å²) in [5.41, 5.74) is 5.22. The number of hydrazone groups is 1. The van der Waals surface area contributed by atoms with Crippen molar-refractivity contribution in [1.82, 2.24) is 5.32 Å². The Kier molecular flexibility index (Phi) is 4.85. The minimum Gasteiger partial charge on any atom is -0.301 e. The van der Waals surface area contributed by atoms with Crippen molar-refractivity contribution in [1.29, 1.82) is 0 Å². The molecule has 0 unspecified atom stereocenters. The molecule has 0 spiro atoms. The largest absolute Gasteiger partial charge is 0.301 e. The van der Waals surface area contributed by atoms with Crippen molar-refractivity contribution in [3.05, 3.63) is 60.2 Å². The summed E-state index contributed by atoms with van der Waals surface area (Å²) < 4.78 is 0. The normalized spacial score (nSPS) is 17.7. The SMILES string of the molecule is Cc1ccc(N2C(=O)[C@H](/C=N/Nc3ccccc3)C(=O)NC2=S)cc1. The van der Waals surface area contributed by atoms with Crippen LogP contribution in [0.25, 0.3) is 0 Å². The van der Waals surface area contributed by atoms with Crippen LogP contribution >= 0.6 is 12.2 Å². The molecule has 6 nitrogen and oxygen atoms in total. The van der Waals surface area contributed by atoms with Crippen LogP contribution in [0.2, 0.25) is 0 Å². The van der Waals surface area contributed by atoms with Gasteiger partial charge in [0, 0.05) is 6.21 Å². The fraction of sp³-hybridized carbons (Fsp3) is 0.111. The summed E-state index contributed by atoms with van der Waals surface area (Å²) >= 11 is 5.15. The third kappa shape index (κ3) is 3.72. The molecule has 2 amide bonds. The average Bonchev–Trinajstić information content (AvgIpc) is 2.60. The van der Waals surface area contributed by atoms with Crippen LogP contribution in [-0.2, 0) is 9.59 Å². The molecule has 3 rings (SSSR count). The van der Waals surface area contributed by atoms with Crippen LogP contribution in [0.1, 0.15) is 5.56 Å². The van der Waals surface area contributed by atoms with Gasteiger partial charge in [-0.25, -0.2) is 0 Å². The monoisotopic (exact) mass is 352 g/mol. The fourth-order valence-electron chi connectivity index (χ4n) is 2.36. The highest BCUT2D eigenvalue weighted by molar-refractivity contribution is 7.80. The molecular weight excluding hydrogens is 336 g/mol. The van der Waals surface area contributed by atoms with Crippen LogP contribution in [0.5, 0.6) is 0 Å². The molecule has 7 heteroatoms. The van der Waals surface area contributed by atoms with E-state index in [1.807, 2.05) is 49.4 Å². The van der Waals surface area contributed by atoms with Gasteiger partial charge in [-0.2, -0.15) is 5.10 Å². The molecule has 126 valence electrons. The van der Waals surface area contributed by atoms with E-state index < -0.39 is 17.7 Å². The third-order valence-electron chi connectivity index (χ3n) is 3.69. The van der Waals surface area contributed by atoms with Gasteiger partial charge in [-0.3, -0.25) is 19.9 Å². The summed E-state index contributed by atoms with van der Waals surface area (Å²) in [5.74, 6) is -1.97. The van der Waals surface area contributed by atoms with E-state index in [9.17, 15) is 9.59 Å². The molecule has 1 heterocycles. The zero-order chi connectivity index (χ0) is 17.8. The summed E-state index contributed by atoms with van der Waals surface area (Å²) in [7, 11) is 0. The number of amides is 2. The predicted molar refractivity (Wildman–Crippen MR) is 101 cm³/mol. The van der Waals surface area contributed by atoms with Crippen molar-refractivity contribution >= 4 is 46.7 Å². The van der Waals surface area contributed by atoms with Crippen molar-refractivity contribution in [2.75, 3.05) is 10.3 Å².